The maximum absolute atomic E-state index is 13.6. The molecule has 4 aromatic rings. The van der Waals surface area contributed by atoms with Gasteiger partial charge in [0.1, 0.15) is 12.3 Å². The lowest BCUT2D eigenvalue weighted by Crippen LogP contribution is -2.40. The van der Waals surface area contributed by atoms with Crippen molar-refractivity contribution in [2.45, 2.75) is 31.7 Å². The van der Waals surface area contributed by atoms with Crippen molar-refractivity contribution in [3.8, 4) is 5.75 Å². The van der Waals surface area contributed by atoms with E-state index in [0.29, 0.717) is 30.0 Å². The summed E-state index contributed by atoms with van der Waals surface area (Å²) in [6.45, 7) is 3.64. The van der Waals surface area contributed by atoms with Crippen LogP contribution in [0.15, 0.2) is 113 Å². The van der Waals surface area contributed by atoms with Gasteiger partial charge in [-0.1, -0.05) is 73.2 Å². The first-order valence-electron chi connectivity index (χ1n) is 13.8. The van der Waals surface area contributed by atoms with Gasteiger partial charge in [-0.25, -0.2) is 13.8 Å². The SMILES string of the molecule is CCc1ccccc1N(CC(=O)N/N=C/c1ccc(OCC(=O)NCc2ccccc2)cc1)S(=O)(=O)c1ccc(C)cc1. The molecule has 0 aliphatic carbocycles. The third-order valence-corrected chi connectivity index (χ3v) is 8.30. The smallest absolute Gasteiger partial charge is 0.264 e. The van der Waals surface area contributed by atoms with E-state index in [1.165, 1.54) is 18.3 Å². The first-order valence-corrected chi connectivity index (χ1v) is 15.2. The number of carbonyl (C=O) groups is 2. The molecule has 0 radical (unpaired) electrons. The number of nitrogens with one attached hydrogen (secondary N) is 2. The molecule has 43 heavy (non-hydrogen) atoms. The standard InChI is InChI=1S/C33H34N4O5S/c1-3-28-11-7-8-12-31(28)37(43(40,41)30-19-13-25(2)14-20-30)23-32(38)36-35-22-27-15-17-29(18-16-27)42-24-33(39)34-21-26-9-5-4-6-10-26/h4-20,22H,3,21,23-24H2,1-2H3,(H,34,39)(H,36,38)/b35-22+. The number of hydrogen-bond acceptors (Lipinski definition) is 6. The van der Waals surface area contributed by atoms with Gasteiger partial charge in [-0.05, 0) is 72.5 Å². The Kier molecular flexibility index (Phi) is 10.7. The number of benzene rings is 4. The highest BCUT2D eigenvalue weighted by atomic mass is 32.2. The Morgan fingerprint density at radius 2 is 1.53 bits per heavy atom. The fraction of sp³-hybridized carbons (Fsp3) is 0.182. The second kappa shape index (κ2) is 14.8. The van der Waals surface area contributed by atoms with Crippen LogP contribution in [0.25, 0.3) is 0 Å². The summed E-state index contributed by atoms with van der Waals surface area (Å²) in [6.07, 6.45) is 2.03. The third-order valence-electron chi connectivity index (χ3n) is 6.52. The third kappa shape index (κ3) is 8.76. The molecule has 0 heterocycles. The predicted octanol–water partition coefficient (Wildman–Crippen LogP) is 4.60. The summed E-state index contributed by atoms with van der Waals surface area (Å²) in [4.78, 5) is 25.1. The van der Waals surface area contributed by atoms with E-state index in [9.17, 15) is 18.0 Å². The molecular weight excluding hydrogens is 564 g/mol. The van der Waals surface area contributed by atoms with E-state index in [-0.39, 0.29) is 17.4 Å². The van der Waals surface area contributed by atoms with Crippen LogP contribution in [0.1, 0.15) is 29.2 Å². The molecule has 0 unspecified atom stereocenters. The number of para-hydroxylation sites is 1. The Morgan fingerprint density at radius 3 is 2.23 bits per heavy atom. The maximum atomic E-state index is 13.6. The molecule has 0 atom stereocenters. The van der Waals surface area contributed by atoms with Gasteiger partial charge in [0.25, 0.3) is 21.8 Å². The molecule has 0 bridgehead atoms. The van der Waals surface area contributed by atoms with Gasteiger partial charge in [0.05, 0.1) is 16.8 Å². The number of nitrogens with zero attached hydrogens (tertiary/aromatic N) is 2. The largest absolute Gasteiger partial charge is 0.484 e. The molecule has 0 saturated carbocycles. The fourth-order valence-corrected chi connectivity index (χ4v) is 5.64. The quantitative estimate of drug-likeness (QED) is 0.172. The van der Waals surface area contributed by atoms with E-state index in [2.05, 4.69) is 15.8 Å². The van der Waals surface area contributed by atoms with Crippen molar-refractivity contribution >= 4 is 33.7 Å². The van der Waals surface area contributed by atoms with Crippen molar-refractivity contribution < 1.29 is 22.7 Å². The van der Waals surface area contributed by atoms with Crippen molar-refractivity contribution in [2.24, 2.45) is 5.10 Å². The van der Waals surface area contributed by atoms with Crippen LogP contribution in [-0.4, -0.2) is 39.6 Å². The van der Waals surface area contributed by atoms with Gasteiger partial charge in [0.15, 0.2) is 6.61 Å². The van der Waals surface area contributed by atoms with Crippen molar-refractivity contribution in [1.29, 1.82) is 0 Å². The lowest BCUT2D eigenvalue weighted by atomic mass is 10.1. The first kappa shape index (κ1) is 31.0. The highest BCUT2D eigenvalue weighted by Crippen LogP contribution is 2.27. The highest BCUT2D eigenvalue weighted by molar-refractivity contribution is 7.92. The van der Waals surface area contributed by atoms with Crippen LogP contribution >= 0.6 is 0 Å². The number of amides is 2. The van der Waals surface area contributed by atoms with Crippen molar-refractivity contribution in [3.05, 3.63) is 125 Å². The molecule has 0 fully saturated rings. The number of ether oxygens (including phenoxy) is 1. The molecule has 9 nitrogen and oxygen atoms in total. The Balaban J connectivity index is 1.35. The minimum absolute atomic E-state index is 0.0938. The topological polar surface area (TPSA) is 117 Å². The van der Waals surface area contributed by atoms with Crippen molar-refractivity contribution in [3.63, 3.8) is 0 Å². The van der Waals surface area contributed by atoms with E-state index >= 15 is 0 Å². The highest BCUT2D eigenvalue weighted by Gasteiger charge is 2.28. The minimum atomic E-state index is -4.03. The van der Waals surface area contributed by atoms with E-state index < -0.39 is 22.5 Å². The Bertz CT molecular complexity index is 1660. The number of carbonyl (C=O) groups excluding carboxylic acids is 2. The zero-order chi connectivity index (χ0) is 30.7. The monoisotopic (exact) mass is 598 g/mol. The average molecular weight is 599 g/mol. The van der Waals surface area contributed by atoms with Crippen molar-refractivity contribution in [2.75, 3.05) is 17.5 Å². The molecule has 4 aromatic carbocycles. The Labute approximate surface area is 252 Å². The fourth-order valence-electron chi connectivity index (χ4n) is 4.18. The Hall–Kier alpha value is -4.96. The van der Waals surface area contributed by atoms with Gasteiger partial charge in [-0.15, -0.1) is 0 Å². The van der Waals surface area contributed by atoms with Crippen molar-refractivity contribution in [1.82, 2.24) is 10.7 Å². The second-order valence-corrected chi connectivity index (χ2v) is 11.6. The maximum Gasteiger partial charge on any atom is 0.264 e. The van der Waals surface area contributed by atoms with E-state index in [4.69, 9.17) is 4.74 Å². The summed E-state index contributed by atoms with van der Waals surface area (Å²) < 4.78 is 33.9. The van der Waals surface area contributed by atoms with Crippen LogP contribution in [-0.2, 0) is 32.6 Å². The minimum Gasteiger partial charge on any atom is -0.484 e. The predicted molar refractivity (Wildman–Crippen MR) is 167 cm³/mol. The van der Waals surface area contributed by atoms with Crippen LogP contribution in [0.5, 0.6) is 5.75 Å². The summed E-state index contributed by atoms with van der Waals surface area (Å²) in [5.41, 5.74) is 6.25. The van der Waals surface area contributed by atoms with E-state index in [0.717, 1.165) is 21.0 Å². The van der Waals surface area contributed by atoms with Gasteiger partial charge in [-0.2, -0.15) is 5.10 Å². The lowest BCUT2D eigenvalue weighted by molar-refractivity contribution is -0.123. The normalized spacial score (nSPS) is 11.2. The van der Waals surface area contributed by atoms with E-state index in [1.807, 2.05) is 56.3 Å². The number of rotatable bonds is 13. The summed E-state index contributed by atoms with van der Waals surface area (Å²) in [6, 6.07) is 30.0. The molecule has 4 rings (SSSR count). The van der Waals surface area contributed by atoms with E-state index in [1.54, 1.807) is 48.5 Å². The molecule has 2 N–H and O–H groups in total. The van der Waals surface area contributed by atoms with Gasteiger partial charge in [0.2, 0.25) is 0 Å². The number of hydrogen-bond donors (Lipinski definition) is 2. The molecular formula is C33H34N4O5S. The second-order valence-electron chi connectivity index (χ2n) is 9.72. The molecule has 0 aliphatic heterocycles. The lowest BCUT2D eigenvalue weighted by Gasteiger charge is -2.25. The van der Waals surface area contributed by atoms with Crippen LogP contribution < -0.4 is 19.8 Å². The van der Waals surface area contributed by atoms with Crippen LogP contribution in [0.2, 0.25) is 0 Å². The number of sulfonamides is 1. The molecule has 10 heteroatoms. The molecule has 2 amide bonds. The molecule has 222 valence electrons. The molecule has 0 saturated heterocycles. The van der Waals surface area contributed by atoms with Gasteiger partial charge in [0, 0.05) is 6.54 Å². The van der Waals surface area contributed by atoms with Crippen LogP contribution in [0.3, 0.4) is 0 Å². The number of hydrazone groups is 1. The zero-order valence-corrected chi connectivity index (χ0v) is 24.9. The molecule has 0 spiro atoms. The Morgan fingerprint density at radius 1 is 0.860 bits per heavy atom. The summed E-state index contributed by atoms with van der Waals surface area (Å²) in [5.74, 6) is -0.334. The number of anilines is 1. The van der Waals surface area contributed by atoms with Crippen LogP contribution in [0.4, 0.5) is 5.69 Å². The summed E-state index contributed by atoms with van der Waals surface area (Å²) in [5, 5.41) is 6.81. The molecule has 0 aromatic heterocycles. The van der Waals surface area contributed by atoms with Gasteiger partial charge in [-0.3, -0.25) is 13.9 Å². The zero-order valence-electron chi connectivity index (χ0n) is 24.1. The van der Waals surface area contributed by atoms with Crippen LogP contribution in [0, 0.1) is 6.92 Å². The molecule has 0 aliphatic rings. The number of aryl methyl sites for hydroxylation is 2. The first-order chi connectivity index (χ1) is 20.8. The average Bonchev–Trinajstić information content (AvgIpc) is 3.03. The van der Waals surface area contributed by atoms with Gasteiger partial charge >= 0.3 is 0 Å². The van der Waals surface area contributed by atoms with Gasteiger partial charge < -0.3 is 10.1 Å². The summed E-state index contributed by atoms with van der Waals surface area (Å²) >= 11 is 0. The summed E-state index contributed by atoms with van der Waals surface area (Å²) in [7, 11) is -4.03.